The van der Waals surface area contributed by atoms with Crippen LogP contribution < -0.4 is 15.0 Å². The minimum absolute atomic E-state index is 0.0142. The average Bonchev–Trinajstić information content (AvgIpc) is 3.87. The van der Waals surface area contributed by atoms with E-state index in [4.69, 9.17) is 9.47 Å². The largest absolute Gasteiger partial charge is 0.496 e. The number of aryl methyl sites for hydroxylation is 1. The number of aromatic nitrogens is 1. The molecule has 6 rings (SSSR count). The van der Waals surface area contributed by atoms with Gasteiger partial charge >= 0.3 is 0 Å². The van der Waals surface area contributed by atoms with Gasteiger partial charge in [-0.25, -0.2) is 0 Å². The lowest BCUT2D eigenvalue weighted by Gasteiger charge is -2.43. The maximum absolute atomic E-state index is 13.5. The van der Waals surface area contributed by atoms with Crippen molar-refractivity contribution in [2.75, 3.05) is 40.4 Å². The number of hydrogen-bond donors (Lipinski definition) is 0. The van der Waals surface area contributed by atoms with E-state index in [1.807, 2.05) is 45.7 Å². The number of methoxy groups -OCH3 is 2. The molecule has 1 saturated carbocycles. The normalized spacial score (nSPS) is 19.1. The van der Waals surface area contributed by atoms with Crippen LogP contribution in [0.25, 0.3) is 11.1 Å². The number of amides is 1. The minimum atomic E-state index is -0.249. The molecule has 9 nitrogen and oxygen atoms in total. The maximum atomic E-state index is 13.5. The molecule has 1 unspecified atom stereocenters. The summed E-state index contributed by atoms with van der Waals surface area (Å²) < 4.78 is 13.6. The molecular formula is C42H53N5O4. The van der Waals surface area contributed by atoms with Crippen molar-refractivity contribution in [2.45, 2.75) is 85.5 Å². The number of piperazine rings is 1. The van der Waals surface area contributed by atoms with Crippen LogP contribution in [-0.4, -0.2) is 71.1 Å². The molecule has 3 aliphatic rings. The summed E-state index contributed by atoms with van der Waals surface area (Å²) in [6.45, 7) is 17.1. The Balaban J connectivity index is 1.18. The third-order valence-corrected chi connectivity index (χ3v) is 11.3. The van der Waals surface area contributed by atoms with E-state index in [0.29, 0.717) is 6.54 Å². The first-order chi connectivity index (χ1) is 24.2. The van der Waals surface area contributed by atoms with E-state index < -0.39 is 0 Å². The third-order valence-electron chi connectivity index (χ3n) is 11.3. The Labute approximate surface area is 303 Å². The monoisotopic (exact) mass is 691 g/mol. The predicted molar refractivity (Wildman–Crippen MR) is 201 cm³/mol. The van der Waals surface area contributed by atoms with Crippen LogP contribution in [0.4, 0.5) is 0 Å². The van der Waals surface area contributed by atoms with Gasteiger partial charge in [-0.2, -0.15) is 5.26 Å². The van der Waals surface area contributed by atoms with E-state index in [-0.39, 0.29) is 34.0 Å². The van der Waals surface area contributed by atoms with Crippen molar-refractivity contribution in [1.82, 2.24) is 19.3 Å². The van der Waals surface area contributed by atoms with Crippen LogP contribution in [0.1, 0.15) is 80.0 Å². The van der Waals surface area contributed by atoms with Crippen molar-refractivity contribution in [1.29, 1.82) is 5.26 Å². The second-order valence-corrected chi connectivity index (χ2v) is 15.9. The van der Waals surface area contributed by atoms with Crippen LogP contribution >= 0.6 is 0 Å². The van der Waals surface area contributed by atoms with Crippen molar-refractivity contribution in [3.8, 4) is 28.7 Å². The van der Waals surface area contributed by atoms with E-state index in [9.17, 15) is 14.9 Å². The molecule has 1 aromatic heterocycles. The molecule has 1 atom stereocenters. The van der Waals surface area contributed by atoms with Crippen molar-refractivity contribution >= 4 is 5.91 Å². The van der Waals surface area contributed by atoms with Crippen LogP contribution in [0.3, 0.4) is 0 Å². The van der Waals surface area contributed by atoms with Gasteiger partial charge in [0.05, 0.1) is 25.8 Å². The van der Waals surface area contributed by atoms with Gasteiger partial charge < -0.3 is 18.9 Å². The Morgan fingerprint density at radius 2 is 1.73 bits per heavy atom. The smallest absolute Gasteiger partial charge is 0.264 e. The Morgan fingerprint density at radius 3 is 2.33 bits per heavy atom. The number of ether oxygens (including phenoxy) is 2. The van der Waals surface area contributed by atoms with E-state index in [0.717, 1.165) is 91.3 Å². The second kappa shape index (κ2) is 14.0. The molecule has 2 fully saturated rings. The van der Waals surface area contributed by atoms with Crippen LogP contribution in [0.2, 0.25) is 0 Å². The molecule has 3 heterocycles. The first kappa shape index (κ1) is 36.4. The number of carbonyl (C=O) groups excluding carboxylic acids is 1. The van der Waals surface area contributed by atoms with Crippen LogP contribution in [0.15, 0.2) is 53.0 Å². The Morgan fingerprint density at radius 1 is 1.04 bits per heavy atom. The van der Waals surface area contributed by atoms with E-state index >= 15 is 0 Å². The quantitative estimate of drug-likeness (QED) is 0.197. The number of nitrogens with zero attached hydrogens (tertiary/aromatic N) is 5. The highest BCUT2D eigenvalue weighted by atomic mass is 16.5. The average molecular weight is 692 g/mol. The topological polar surface area (TPSA) is 91.0 Å². The lowest BCUT2D eigenvalue weighted by molar-refractivity contribution is -0.129. The molecular weight excluding hydrogens is 638 g/mol. The fraction of sp³-hybridized carbons (Fsp3) is 0.500. The maximum Gasteiger partial charge on any atom is 0.264 e. The summed E-state index contributed by atoms with van der Waals surface area (Å²) >= 11 is 0. The number of carbonyl (C=O) groups is 1. The summed E-state index contributed by atoms with van der Waals surface area (Å²) in [5.74, 6) is 1.41. The van der Waals surface area contributed by atoms with Crippen molar-refractivity contribution in [3.63, 3.8) is 0 Å². The number of rotatable bonds is 8. The summed E-state index contributed by atoms with van der Waals surface area (Å²) in [6, 6.07) is 12.7. The van der Waals surface area contributed by atoms with Gasteiger partial charge in [-0.1, -0.05) is 45.0 Å². The number of fused-ring (bicyclic) bond motifs is 1. The number of nitriles is 1. The summed E-state index contributed by atoms with van der Waals surface area (Å²) in [6.07, 6.45) is 6.79. The fourth-order valence-corrected chi connectivity index (χ4v) is 8.19. The van der Waals surface area contributed by atoms with Crippen LogP contribution in [0.5, 0.6) is 11.5 Å². The summed E-state index contributed by atoms with van der Waals surface area (Å²) in [5.41, 5.74) is 8.69. The number of benzene rings is 2. The second-order valence-electron chi connectivity index (χ2n) is 15.9. The predicted octanol–water partition coefficient (Wildman–Crippen LogP) is 6.48. The SMILES string of the molecule is COc1cc(-c2cn(C)c(=O)c(C)c2C)cc(OC)c1CN1CCN(Cc2cccc3c2CCN(C(=O)/C(C#N)=C/C(C)(C)C)C3C)CC12CC2. The summed E-state index contributed by atoms with van der Waals surface area (Å²) in [7, 11) is 5.22. The summed E-state index contributed by atoms with van der Waals surface area (Å²) in [5, 5.41) is 9.79. The minimum Gasteiger partial charge on any atom is -0.496 e. The zero-order valence-corrected chi connectivity index (χ0v) is 31.9. The van der Waals surface area contributed by atoms with Gasteiger partial charge in [-0.05, 0) is 85.4 Å². The highest BCUT2D eigenvalue weighted by Gasteiger charge is 2.51. The van der Waals surface area contributed by atoms with Gasteiger partial charge in [0.15, 0.2) is 0 Å². The standard InChI is InChI=1S/C42H53N5O4/c1-27-28(2)39(48)44(7)24-35(27)31-19-37(50-8)36(38(20-31)51-9)25-46-18-17-45(26-42(46)14-15-42)23-30-11-10-12-33-29(3)47(16-13-34(30)33)40(49)32(22-43)21-41(4,5)6/h10-12,19-21,24,29H,13-18,23,25-26H2,1-9H3/b32-21+. The van der Waals surface area contributed by atoms with E-state index in [2.05, 4.69) is 53.1 Å². The van der Waals surface area contributed by atoms with E-state index in [1.54, 1.807) is 31.9 Å². The fourth-order valence-electron chi connectivity index (χ4n) is 8.19. The Kier molecular flexibility index (Phi) is 9.97. The zero-order chi connectivity index (χ0) is 36.8. The Bertz CT molecular complexity index is 1950. The van der Waals surface area contributed by atoms with Gasteiger partial charge in [0.1, 0.15) is 23.1 Å². The molecule has 1 spiro atoms. The summed E-state index contributed by atoms with van der Waals surface area (Å²) in [4.78, 5) is 33.1. The number of pyridine rings is 1. The van der Waals surface area contributed by atoms with Crippen LogP contribution in [0, 0.1) is 30.6 Å². The number of allylic oxidation sites excluding steroid dienone is 1. The molecule has 1 amide bonds. The third kappa shape index (κ3) is 7.09. The molecule has 1 aliphatic carbocycles. The molecule has 0 N–H and O–H groups in total. The zero-order valence-electron chi connectivity index (χ0n) is 31.9. The lowest BCUT2D eigenvalue weighted by Crippen LogP contribution is -2.54. The van der Waals surface area contributed by atoms with Gasteiger partial charge in [0, 0.05) is 69.2 Å². The molecule has 0 bridgehead atoms. The van der Waals surface area contributed by atoms with E-state index in [1.165, 1.54) is 16.7 Å². The van der Waals surface area contributed by atoms with Crippen LogP contribution in [-0.2, 0) is 31.4 Å². The van der Waals surface area contributed by atoms with Gasteiger partial charge in [-0.15, -0.1) is 0 Å². The molecule has 1 saturated heterocycles. The van der Waals surface area contributed by atoms with Crippen molar-refractivity contribution < 1.29 is 14.3 Å². The molecule has 2 aliphatic heterocycles. The molecule has 9 heteroatoms. The first-order valence-electron chi connectivity index (χ1n) is 18.1. The van der Waals surface area contributed by atoms with Gasteiger partial charge in [-0.3, -0.25) is 19.4 Å². The number of hydrogen-bond acceptors (Lipinski definition) is 7. The first-order valence-corrected chi connectivity index (χ1v) is 18.1. The van der Waals surface area contributed by atoms with Crippen molar-refractivity contribution in [3.05, 3.63) is 91.9 Å². The molecule has 0 radical (unpaired) electrons. The highest BCUT2D eigenvalue weighted by molar-refractivity contribution is 5.97. The Hall–Kier alpha value is -4.39. The van der Waals surface area contributed by atoms with Gasteiger partial charge in [0.25, 0.3) is 11.5 Å². The van der Waals surface area contributed by atoms with Gasteiger partial charge in [0.2, 0.25) is 0 Å². The molecule has 270 valence electrons. The van der Waals surface area contributed by atoms with Crippen molar-refractivity contribution in [2.24, 2.45) is 12.5 Å². The lowest BCUT2D eigenvalue weighted by atomic mass is 9.88. The molecule has 2 aromatic carbocycles. The molecule has 51 heavy (non-hydrogen) atoms. The highest BCUT2D eigenvalue weighted by Crippen LogP contribution is 2.47. The molecule has 3 aromatic rings.